The molecular weight excluding hydrogens is 484 g/mol. The van der Waals surface area contributed by atoms with Crippen molar-refractivity contribution in [3.63, 3.8) is 0 Å². The van der Waals surface area contributed by atoms with Crippen molar-refractivity contribution in [1.82, 2.24) is 0 Å². The van der Waals surface area contributed by atoms with Crippen molar-refractivity contribution < 1.29 is 59.2 Å². The number of carbonyl (C=O) groups is 1. The van der Waals surface area contributed by atoms with Crippen LogP contribution in [0.5, 0.6) is 28.7 Å². The molecule has 13 heteroatoms. The number of aliphatic hydroxyl groups is 3. The summed E-state index contributed by atoms with van der Waals surface area (Å²) >= 11 is 0. The van der Waals surface area contributed by atoms with Gasteiger partial charge in [0.25, 0.3) is 0 Å². The highest BCUT2D eigenvalue weighted by atomic mass is 16.7. The molecule has 36 heavy (non-hydrogen) atoms. The summed E-state index contributed by atoms with van der Waals surface area (Å²) in [4.78, 5) is 25.6. The van der Waals surface area contributed by atoms with Gasteiger partial charge in [-0.25, -0.2) is 4.79 Å². The minimum absolute atomic E-state index is 0.0186. The lowest BCUT2D eigenvalue weighted by molar-refractivity contribution is -0.272. The molecular formula is C23H22O13. The van der Waals surface area contributed by atoms with E-state index in [4.69, 9.17) is 18.6 Å². The third kappa shape index (κ3) is 4.35. The standard InChI is InChI=1S/C23H22O13/c1-2-33-22(32)21-17(30)16(29)18(31)23(36-21)35-20-15(28)14-12(27)6-9(24)7-13(14)34-19(20)8-3-4-10(25)11(26)5-8/h3-7,16-18,21,23-27,29-31H,2H2,1H3/t16-,17+,18-,21+,23-/m1/s1. The molecule has 192 valence electrons. The SMILES string of the molecule is CCOC(=O)[C@H]1O[C@@H](Oc2c(-c3ccc(O)c(O)c3)oc3cc(O)cc(O)c3c2=O)[C@H](O)[C@H](O)[C@@H]1O. The zero-order valence-electron chi connectivity index (χ0n) is 18.6. The van der Waals surface area contributed by atoms with E-state index in [0.29, 0.717) is 0 Å². The molecule has 13 nitrogen and oxygen atoms in total. The van der Waals surface area contributed by atoms with E-state index in [9.17, 15) is 45.3 Å². The Labute approximate surface area is 201 Å². The van der Waals surface area contributed by atoms with Gasteiger partial charge in [-0.3, -0.25) is 4.79 Å². The van der Waals surface area contributed by atoms with E-state index in [1.165, 1.54) is 13.0 Å². The molecule has 0 radical (unpaired) electrons. The second-order valence-corrected chi connectivity index (χ2v) is 7.90. The van der Waals surface area contributed by atoms with Crippen LogP contribution in [0.4, 0.5) is 0 Å². The number of phenolic OH excluding ortho intramolecular Hbond substituents is 4. The summed E-state index contributed by atoms with van der Waals surface area (Å²) in [6.45, 7) is 1.42. The second-order valence-electron chi connectivity index (χ2n) is 7.90. The smallest absolute Gasteiger partial charge is 0.338 e. The molecule has 0 unspecified atom stereocenters. The topological polar surface area (TPSA) is 217 Å². The predicted octanol–water partition coefficient (Wildman–Crippen LogP) is 0.0319. The summed E-state index contributed by atoms with van der Waals surface area (Å²) in [5, 5.41) is 70.0. The van der Waals surface area contributed by atoms with Gasteiger partial charge < -0.3 is 54.4 Å². The zero-order chi connectivity index (χ0) is 26.3. The highest BCUT2D eigenvalue weighted by Crippen LogP contribution is 2.39. The maximum atomic E-state index is 13.4. The Balaban J connectivity index is 1.87. The highest BCUT2D eigenvalue weighted by Gasteiger charge is 2.49. The van der Waals surface area contributed by atoms with E-state index in [1.54, 1.807) is 0 Å². The first kappa shape index (κ1) is 25.1. The zero-order valence-corrected chi connectivity index (χ0v) is 18.6. The van der Waals surface area contributed by atoms with Gasteiger partial charge in [-0.2, -0.15) is 0 Å². The maximum absolute atomic E-state index is 13.4. The summed E-state index contributed by atoms with van der Waals surface area (Å²) in [6, 6.07) is 5.26. The van der Waals surface area contributed by atoms with Crippen molar-refractivity contribution in [1.29, 1.82) is 0 Å². The summed E-state index contributed by atoms with van der Waals surface area (Å²) in [5.41, 5.74) is -1.31. The molecule has 1 fully saturated rings. The van der Waals surface area contributed by atoms with E-state index < -0.39 is 82.0 Å². The number of aromatic hydroxyl groups is 4. The molecule has 4 rings (SSSR count). The normalized spacial score (nSPS) is 23.9. The molecule has 0 amide bonds. The second kappa shape index (κ2) is 9.54. The molecule has 0 aliphatic carbocycles. The number of carbonyl (C=O) groups excluding carboxylic acids is 1. The van der Waals surface area contributed by atoms with Gasteiger partial charge in [0.1, 0.15) is 40.8 Å². The van der Waals surface area contributed by atoms with Crippen molar-refractivity contribution in [2.24, 2.45) is 0 Å². The molecule has 1 saturated heterocycles. The van der Waals surface area contributed by atoms with Gasteiger partial charge in [0.05, 0.1) is 6.61 Å². The summed E-state index contributed by atoms with van der Waals surface area (Å²) in [6.07, 6.45) is -9.49. The number of ether oxygens (including phenoxy) is 3. The summed E-state index contributed by atoms with van der Waals surface area (Å²) in [5.74, 6) is -4.33. The Kier molecular flexibility index (Phi) is 6.65. The average Bonchev–Trinajstić information content (AvgIpc) is 2.82. The summed E-state index contributed by atoms with van der Waals surface area (Å²) in [7, 11) is 0. The fourth-order valence-electron chi connectivity index (χ4n) is 3.71. The van der Waals surface area contributed by atoms with Crippen LogP contribution >= 0.6 is 0 Å². The van der Waals surface area contributed by atoms with Gasteiger partial charge in [0, 0.05) is 17.7 Å². The van der Waals surface area contributed by atoms with Crippen LogP contribution < -0.4 is 10.2 Å². The van der Waals surface area contributed by atoms with Crippen LogP contribution in [-0.2, 0) is 14.3 Å². The lowest BCUT2D eigenvalue weighted by atomic mass is 9.99. The third-order valence-corrected chi connectivity index (χ3v) is 5.48. The van der Waals surface area contributed by atoms with Crippen molar-refractivity contribution in [2.75, 3.05) is 6.61 Å². The van der Waals surface area contributed by atoms with E-state index in [0.717, 1.165) is 24.3 Å². The Morgan fingerprint density at radius 2 is 1.67 bits per heavy atom. The number of esters is 1. The van der Waals surface area contributed by atoms with Gasteiger partial charge >= 0.3 is 5.97 Å². The lowest BCUT2D eigenvalue weighted by Crippen LogP contribution is -2.61. The van der Waals surface area contributed by atoms with Crippen LogP contribution in [0.2, 0.25) is 0 Å². The first-order valence-electron chi connectivity index (χ1n) is 10.6. The number of fused-ring (bicyclic) bond motifs is 1. The fraction of sp³-hybridized carbons (Fsp3) is 0.304. The Hall–Kier alpha value is -4.04. The number of hydrogen-bond donors (Lipinski definition) is 7. The molecule has 1 aliphatic heterocycles. The minimum Gasteiger partial charge on any atom is -0.508 e. The number of rotatable bonds is 5. The van der Waals surface area contributed by atoms with Gasteiger partial charge in [-0.1, -0.05) is 0 Å². The molecule has 1 aromatic heterocycles. The third-order valence-electron chi connectivity index (χ3n) is 5.48. The number of hydrogen-bond acceptors (Lipinski definition) is 13. The van der Waals surface area contributed by atoms with Crippen LogP contribution in [-0.4, -0.2) is 79.0 Å². The monoisotopic (exact) mass is 506 g/mol. The van der Waals surface area contributed by atoms with E-state index in [1.807, 2.05) is 0 Å². The lowest BCUT2D eigenvalue weighted by Gasteiger charge is -2.38. The van der Waals surface area contributed by atoms with Crippen molar-refractivity contribution in [3.05, 3.63) is 40.6 Å². The van der Waals surface area contributed by atoms with Gasteiger partial charge in [0.15, 0.2) is 23.4 Å². The highest BCUT2D eigenvalue weighted by molar-refractivity contribution is 5.88. The molecule has 3 aromatic rings. The van der Waals surface area contributed by atoms with Crippen molar-refractivity contribution >= 4 is 16.9 Å². The predicted molar refractivity (Wildman–Crippen MR) is 119 cm³/mol. The first-order valence-corrected chi connectivity index (χ1v) is 10.6. The largest absolute Gasteiger partial charge is 0.508 e. The van der Waals surface area contributed by atoms with Crippen molar-refractivity contribution in [2.45, 2.75) is 37.6 Å². The Bertz CT molecular complexity index is 1360. The molecule has 0 bridgehead atoms. The van der Waals surface area contributed by atoms with E-state index in [2.05, 4.69) is 0 Å². The number of phenols is 4. The van der Waals surface area contributed by atoms with Crippen LogP contribution in [0.15, 0.2) is 39.5 Å². The molecule has 2 heterocycles. The van der Waals surface area contributed by atoms with Crippen LogP contribution in [0.3, 0.4) is 0 Å². The maximum Gasteiger partial charge on any atom is 0.338 e. The van der Waals surface area contributed by atoms with Crippen LogP contribution in [0.25, 0.3) is 22.3 Å². The molecule has 5 atom stereocenters. The average molecular weight is 506 g/mol. The number of benzene rings is 2. The fourth-order valence-corrected chi connectivity index (χ4v) is 3.71. The van der Waals surface area contributed by atoms with Crippen LogP contribution in [0, 0.1) is 0 Å². The van der Waals surface area contributed by atoms with Crippen molar-refractivity contribution in [3.8, 4) is 40.1 Å². The van der Waals surface area contributed by atoms with Gasteiger partial charge in [-0.05, 0) is 25.1 Å². The van der Waals surface area contributed by atoms with E-state index in [-0.39, 0.29) is 17.8 Å². The Morgan fingerprint density at radius 3 is 2.33 bits per heavy atom. The molecule has 1 aliphatic rings. The minimum atomic E-state index is -1.96. The van der Waals surface area contributed by atoms with E-state index >= 15 is 0 Å². The van der Waals surface area contributed by atoms with Gasteiger partial charge in [0.2, 0.25) is 17.5 Å². The summed E-state index contributed by atoms with van der Waals surface area (Å²) < 4.78 is 21.3. The number of aliphatic hydroxyl groups excluding tert-OH is 3. The molecule has 7 N–H and O–H groups in total. The Morgan fingerprint density at radius 1 is 0.944 bits per heavy atom. The quantitative estimate of drug-likeness (QED) is 0.180. The van der Waals surface area contributed by atoms with Gasteiger partial charge in [-0.15, -0.1) is 0 Å². The first-order chi connectivity index (χ1) is 17.0. The van der Waals surface area contributed by atoms with Crippen LogP contribution in [0.1, 0.15) is 6.92 Å². The molecule has 0 saturated carbocycles. The molecule has 2 aromatic carbocycles. The molecule has 0 spiro atoms.